The van der Waals surface area contributed by atoms with Crippen molar-refractivity contribution in [2.24, 2.45) is 0 Å². The molecule has 1 aliphatic heterocycles. The molecule has 3 heterocycles. The van der Waals surface area contributed by atoms with Crippen LogP contribution in [-0.2, 0) is 15.9 Å². The number of methoxy groups -OCH3 is 1. The Bertz CT molecular complexity index is 1560. The molecule has 0 bridgehead atoms. The molecule has 0 spiro atoms. The van der Waals surface area contributed by atoms with Crippen molar-refractivity contribution in [1.29, 1.82) is 0 Å². The molecule has 4 aromatic rings. The zero-order chi connectivity index (χ0) is 29.5. The Labute approximate surface area is 248 Å². The molecule has 0 saturated carbocycles. The van der Waals surface area contributed by atoms with Crippen molar-refractivity contribution in [1.82, 2.24) is 4.98 Å². The summed E-state index contributed by atoms with van der Waals surface area (Å²) in [5.41, 5.74) is 3.09. The third-order valence-electron chi connectivity index (χ3n) is 7.25. The van der Waals surface area contributed by atoms with E-state index in [4.69, 9.17) is 18.9 Å². The largest absolute Gasteiger partial charge is 0.493 e. The van der Waals surface area contributed by atoms with E-state index in [1.807, 2.05) is 24.4 Å². The lowest BCUT2D eigenvalue weighted by Gasteiger charge is -2.22. The molecule has 1 fully saturated rings. The van der Waals surface area contributed by atoms with Crippen molar-refractivity contribution >= 4 is 33.0 Å². The van der Waals surface area contributed by atoms with E-state index in [2.05, 4.69) is 4.98 Å². The molecular formula is C33H34FNO6S. The van der Waals surface area contributed by atoms with Gasteiger partial charge in [0.1, 0.15) is 18.1 Å². The van der Waals surface area contributed by atoms with Gasteiger partial charge in [-0.05, 0) is 67.6 Å². The monoisotopic (exact) mass is 591 g/mol. The zero-order valence-electron chi connectivity index (χ0n) is 23.8. The quantitative estimate of drug-likeness (QED) is 0.118. The first-order valence-corrected chi connectivity index (χ1v) is 15.1. The molecule has 7 nitrogen and oxygen atoms in total. The second-order valence-electron chi connectivity index (χ2n) is 10.1. The summed E-state index contributed by atoms with van der Waals surface area (Å²) in [7, 11) is 1.52. The van der Waals surface area contributed by atoms with Gasteiger partial charge in [-0.3, -0.25) is 9.59 Å². The molecule has 0 aliphatic carbocycles. The number of aryl methyl sites for hydroxylation is 1. The van der Waals surface area contributed by atoms with Crippen molar-refractivity contribution in [2.75, 3.05) is 26.9 Å². The molecule has 220 valence electrons. The summed E-state index contributed by atoms with van der Waals surface area (Å²) in [6.45, 7) is 3.42. The Morgan fingerprint density at radius 3 is 2.69 bits per heavy atom. The van der Waals surface area contributed by atoms with E-state index in [9.17, 15) is 14.0 Å². The number of halogens is 1. The first-order chi connectivity index (χ1) is 20.5. The SMILES string of the molecule is CCc1cc(C(=O)CCC(=O)c2ccc(OCCOC3CCCCO3)c(OC)c2)nc(-c2csc3c(F)cccc23)c1. The average molecular weight is 592 g/mol. The van der Waals surface area contributed by atoms with Gasteiger partial charge in [0.25, 0.3) is 0 Å². The van der Waals surface area contributed by atoms with Gasteiger partial charge in [-0.15, -0.1) is 11.3 Å². The van der Waals surface area contributed by atoms with E-state index in [1.165, 1.54) is 24.5 Å². The maximum atomic E-state index is 14.3. The maximum absolute atomic E-state index is 14.3. The van der Waals surface area contributed by atoms with Crippen LogP contribution < -0.4 is 9.47 Å². The van der Waals surface area contributed by atoms with Crippen molar-refractivity contribution in [3.8, 4) is 22.8 Å². The van der Waals surface area contributed by atoms with Crippen LogP contribution in [0, 0.1) is 5.82 Å². The summed E-state index contributed by atoms with van der Waals surface area (Å²) in [6, 6.07) is 13.7. The molecule has 1 unspecified atom stereocenters. The van der Waals surface area contributed by atoms with Crippen LogP contribution in [0.25, 0.3) is 21.3 Å². The molecule has 1 saturated heterocycles. The molecule has 2 aromatic heterocycles. The topological polar surface area (TPSA) is 84.0 Å². The molecule has 1 aliphatic rings. The van der Waals surface area contributed by atoms with Crippen LogP contribution in [0.5, 0.6) is 11.5 Å². The third kappa shape index (κ3) is 7.03. The van der Waals surface area contributed by atoms with E-state index in [0.29, 0.717) is 52.8 Å². The Morgan fingerprint density at radius 2 is 1.90 bits per heavy atom. The molecule has 2 aromatic carbocycles. The first-order valence-electron chi connectivity index (χ1n) is 14.2. The molecule has 1 atom stereocenters. The van der Waals surface area contributed by atoms with E-state index >= 15 is 0 Å². The standard InChI is InChI=1S/C33H34FNO6S/c1-3-21-17-26(24-20-42-33-23(24)7-6-8-25(33)34)35-27(18-21)29(37)12-11-28(36)22-10-13-30(31(19-22)38-2)39-15-16-41-32-9-4-5-14-40-32/h6-8,10,13,17-20,32H,3-5,9,11-12,14-16H2,1-2H3. The number of benzene rings is 2. The van der Waals surface area contributed by atoms with Gasteiger partial charge in [-0.2, -0.15) is 0 Å². The highest BCUT2D eigenvalue weighted by Gasteiger charge is 2.18. The number of Topliss-reactive ketones (excluding diaryl/α,β-unsaturated/α-hetero) is 2. The van der Waals surface area contributed by atoms with Gasteiger partial charge < -0.3 is 18.9 Å². The average Bonchev–Trinajstić information content (AvgIpc) is 3.47. The van der Waals surface area contributed by atoms with Crippen LogP contribution in [0.4, 0.5) is 4.39 Å². The van der Waals surface area contributed by atoms with Gasteiger partial charge in [-0.25, -0.2) is 9.37 Å². The minimum absolute atomic E-state index is 0.0125. The normalized spacial score (nSPS) is 15.1. The Morgan fingerprint density at radius 1 is 1.05 bits per heavy atom. The zero-order valence-corrected chi connectivity index (χ0v) is 24.6. The number of pyridine rings is 1. The predicted molar refractivity (Wildman–Crippen MR) is 160 cm³/mol. The summed E-state index contributed by atoms with van der Waals surface area (Å²) < 4.78 is 37.3. The van der Waals surface area contributed by atoms with Crippen LogP contribution in [0.3, 0.4) is 0 Å². The first kappa shape index (κ1) is 29.8. The summed E-state index contributed by atoms with van der Waals surface area (Å²) in [5, 5.41) is 2.63. The maximum Gasteiger partial charge on any atom is 0.181 e. The Balaban J connectivity index is 1.21. The van der Waals surface area contributed by atoms with Crippen LogP contribution in [0.2, 0.25) is 0 Å². The summed E-state index contributed by atoms with van der Waals surface area (Å²) >= 11 is 1.31. The molecule has 9 heteroatoms. The Hall–Kier alpha value is -3.66. The lowest BCUT2D eigenvalue weighted by atomic mass is 10.0. The van der Waals surface area contributed by atoms with Crippen LogP contribution in [0.15, 0.2) is 53.9 Å². The minimum atomic E-state index is -0.278. The van der Waals surface area contributed by atoms with E-state index in [0.717, 1.165) is 42.4 Å². The van der Waals surface area contributed by atoms with Crippen molar-refractivity contribution in [2.45, 2.75) is 51.7 Å². The fraction of sp³-hybridized carbons (Fsp3) is 0.364. The van der Waals surface area contributed by atoms with E-state index in [-0.39, 0.29) is 36.5 Å². The summed E-state index contributed by atoms with van der Waals surface area (Å²) in [4.78, 5) is 30.8. The van der Waals surface area contributed by atoms with Gasteiger partial charge >= 0.3 is 0 Å². The highest BCUT2D eigenvalue weighted by molar-refractivity contribution is 7.17. The van der Waals surface area contributed by atoms with Gasteiger partial charge in [0.05, 0.1) is 24.1 Å². The van der Waals surface area contributed by atoms with Crippen molar-refractivity contribution in [3.63, 3.8) is 0 Å². The molecule has 0 amide bonds. The highest BCUT2D eigenvalue weighted by atomic mass is 32.1. The molecule has 0 radical (unpaired) electrons. The Kier molecular flexibility index (Phi) is 9.94. The number of ketones is 2. The molecule has 5 rings (SSSR count). The summed E-state index contributed by atoms with van der Waals surface area (Å²) in [6.07, 6.45) is 3.61. The third-order valence-corrected chi connectivity index (χ3v) is 8.26. The number of hydrogen-bond acceptors (Lipinski definition) is 8. The number of aromatic nitrogens is 1. The van der Waals surface area contributed by atoms with Crippen LogP contribution >= 0.6 is 11.3 Å². The lowest BCUT2D eigenvalue weighted by molar-refractivity contribution is -0.165. The van der Waals surface area contributed by atoms with Gasteiger partial charge in [0, 0.05) is 41.3 Å². The second kappa shape index (κ2) is 14.0. The number of carbonyl (C=O) groups excluding carboxylic acids is 2. The number of nitrogens with zero attached hydrogens (tertiary/aromatic N) is 1. The fourth-order valence-electron chi connectivity index (χ4n) is 4.93. The smallest absolute Gasteiger partial charge is 0.181 e. The second-order valence-corrected chi connectivity index (χ2v) is 11.0. The van der Waals surface area contributed by atoms with Crippen LogP contribution in [-0.4, -0.2) is 49.8 Å². The van der Waals surface area contributed by atoms with E-state index < -0.39 is 0 Å². The van der Waals surface area contributed by atoms with Crippen LogP contribution in [0.1, 0.15) is 65.4 Å². The fourth-order valence-corrected chi connectivity index (χ4v) is 5.90. The number of rotatable bonds is 13. The van der Waals surface area contributed by atoms with Gasteiger partial charge in [0.2, 0.25) is 0 Å². The minimum Gasteiger partial charge on any atom is -0.493 e. The number of ether oxygens (including phenoxy) is 4. The molecule has 42 heavy (non-hydrogen) atoms. The highest BCUT2D eigenvalue weighted by Crippen LogP contribution is 2.35. The molecule has 0 N–H and O–H groups in total. The van der Waals surface area contributed by atoms with Gasteiger partial charge in [0.15, 0.2) is 29.4 Å². The van der Waals surface area contributed by atoms with Crippen molar-refractivity contribution in [3.05, 3.63) is 76.5 Å². The van der Waals surface area contributed by atoms with Crippen molar-refractivity contribution < 1.29 is 32.9 Å². The van der Waals surface area contributed by atoms with E-state index in [1.54, 1.807) is 30.3 Å². The number of fused-ring (bicyclic) bond motifs is 1. The number of hydrogen-bond donors (Lipinski definition) is 0. The molecular weight excluding hydrogens is 557 g/mol. The number of carbonyl (C=O) groups is 2. The lowest BCUT2D eigenvalue weighted by Crippen LogP contribution is -2.24. The summed E-state index contributed by atoms with van der Waals surface area (Å²) in [5.74, 6) is 0.256. The number of thiophene rings is 1. The predicted octanol–water partition coefficient (Wildman–Crippen LogP) is 7.44. The van der Waals surface area contributed by atoms with Gasteiger partial charge in [-0.1, -0.05) is 19.1 Å².